The maximum absolute atomic E-state index is 11.2. The summed E-state index contributed by atoms with van der Waals surface area (Å²) in [5.74, 6) is -0.455. The van der Waals surface area contributed by atoms with E-state index in [9.17, 15) is 4.79 Å². The number of rotatable bonds is 5. The lowest BCUT2D eigenvalue weighted by atomic mass is 10.2. The van der Waals surface area contributed by atoms with Crippen LogP contribution in [0.1, 0.15) is 22.5 Å². The van der Waals surface area contributed by atoms with Crippen LogP contribution in [0.5, 0.6) is 0 Å². The molecule has 0 bridgehead atoms. The van der Waals surface area contributed by atoms with E-state index in [1.807, 2.05) is 35.2 Å². The zero-order valence-corrected chi connectivity index (χ0v) is 11.7. The van der Waals surface area contributed by atoms with E-state index < -0.39 is 5.97 Å². The zero-order valence-electron chi connectivity index (χ0n) is 11.7. The van der Waals surface area contributed by atoms with E-state index in [2.05, 4.69) is 11.1 Å². The third-order valence-electron chi connectivity index (χ3n) is 2.98. The standard InChI is InChI=1S/C16H15N3O2/c1-12-10-13(16(20)21)11-15(18-12)19(9-5-8-17)14-6-3-2-4-7-14/h2-4,6-7,10-11H,5,9H2,1H3,(H,20,21). The Morgan fingerprint density at radius 1 is 1.33 bits per heavy atom. The average Bonchev–Trinajstić information content (AvgIpc) is 2.48. The van der Waals surface area contributed by atoms with Crippen molar-refractivity contribution < 1.29 is 9.90 Å². The van der Waals surface area contributed by atoms with Gasteiger partial charge in [0.2, 0.25) is 0 Å². The van der Waals surface area contributed by atoms with Crippen LogP contribution in [0.4, 0.5) is 11.5 Å². The van der Waals surface area contributed by atoms with Crippen molar-refractivity contribution in [3.8, 4) is 6.07 Å². The minimum atomic E-state index is -0.991. The molecule has 2 aromatic rings. The molecular weight excluding hydrogens is 266 g/mol. The van der Waals surface area contributed by atoms with Crippen LogP contribution >= 0.6 is 0 Å². The number of nitriles is 1. The molecule has 0 aliphatic carbocycles. The topological polar surface area (TPSA) is 77.2 Å². The van der Waals surface area contributed by atoms with Crippen molar-refractivity contribution in [3.05, 3.63) is 53.7 Å². The Hall–Kier alpha value is -2.87. The van der Waals surface area contributed by atoms with Gasteiger partial charge >= 0.3 is 5.97 Å². The number of hydrogen-bond acceptors (Lipinski definition) is 4. The smallest absolute Gasteiger partial charge is 0.335 e. The molecule has 0 amide bonds. The summed E-state index contributed by atoms with van der Waals surface area (Å²) in [4.78, 5) is 17.4. The molecule has 0 saturated heterocycles. The Labute approximate surface area is 123 Å². The average molecular weight is 281 g/mol. The van der Waals surface area contributed by atoms with Crippen LogP contribution in [0.15, 0.2) is 42.5 Å². The fourth-order valence-electron chi connectivity index (χ4n) is 2.06. The number of carboxylic acid groups (broad SMARTS) is 1. The summed E-state index contributed by atoms with van der Waals surface area (Å²) in [6, 6.07) is 14.7. The number of para-hydroxylation sites is 1. The molecule has 21 heavy (non-hydrogen) atoms. The highest BCUT2D eigenvalue weighted by Crippen LogP contribution is 2.25. The summed E-state index contributed by atoms with van der Waals surface area (Å²) in [5.41, 5.74) is 1.69. The van der Waals surface area contributed by atoms with Crippen LogP contribution in [-0.2, 0) is 0 Å². The molecule has 1 aromatic carbocycles. The van der Waals surface area contributed by atoms with E-state index in [1.165, 1.54) is 12.1 Å². The molecule has 1 aromatic heterocycles. The van der Waals surface area contributed by atoms with Crippen LogP contribution in [0.3, 0.4) is 0 Å². The van der Waals surface area contributed by atoms with Crippen molar-refractivity contribution in [1.29, 1.82) is 5.26 Å². The Balaban J connectivity index is 2.46. The molecule has 1 N–H and O–H groups in total. The van der Waals surface area contributed by atoms with Crippen molar-refractivity contribution in [3.63, 3.8) is 0 Å². The molecule has 0 fully saturated rings. The lowest BCUT2D eigenvalue weighted by Crippen LogP contribution is -2.20. The van der Waals surface area contributed by atoms with E-state index in [0.717, 1.165) is 5.69 Å². The van der Waals surface area contributed by atoms with E-state index in [4.69, 9.17) is 10.4 Å². The van der Waals surface area contributed by atoms with Gasteiger partial charge in [-0.2, -0.15) is 5.26 Å². The fourth-order valence-corrected chi connectivity index (χ4v) is 2.06. The summed E-state index contributed by atoms with van der Waals surface area (Å²) >= 11 is 0. The molecule has 1 heterocycles. The van der Waals surface area contributed by atoms with Gasteiger partial charge in [-0.15, -0.1) is 0 Å². The van der Waals surface area contributed by atoms with Gasteiger partial charge in [0.15, 0.2) is 0 Å². The van der Waals surface area contributed by atoms with Gasteiger partial charge in [0.05, 0.1) is 18.1 Å². The SMILES string of the molecule is Cc1cc(C(=O)O)cc(N(CCC#N)c2ccccc2)n1. The van der Waals surface area contributed by atoms with Crippen LogP contribution in [0.2, 0.25) is 0 Å². The number of anilines is 2. The highest BCUT2D eigenvalue weighted by Gasteiger charge is 2.14. The van der Waals surface area contributed by atoms with Crippen LogP contribution < -0.4 is 4.90 Å². The molecular formula is C16H15N3O2. The van der Waals surface area contributed by atoms with Crippen LogP contribution in [-0.4, -0.2) is 22.6 Å². The highest BCUT2D eigenvalue weighted by molar-refractivity contribution is 5.89. The molecule has 106 valence electrons. The first-order valence-corrected chi connectivity index (χ1v) is 6.53. The number of aryl methyl sites for hydroxylation is 1. The number of hydrogen-bond donors (Lipinski definition) is 1. The molecule has 0 atom stereocenters. The van der Waals surface area contributed by atoms with E-state index in [0.29, 0.717) is 24.5 Å². The summed E-state index contributed by atoms with van der Waals surface area (Å²) in [6.45, 7) is 2.21. The predicted molar refractivity (Wildman–Crippen MR) is 79.6 cm³/mol. The number of nitrogens with zero attached hydrogens (tertiary/aromatic N) is 3. The largest absolute Gasteiger partial charge is 0.478 e. The first-order valence-electron chi connectivity index (χ1n) is 6.53. The Morgan fingerprint density at radius 3 is 2.67 bits per heavy atom. The minimum absolute atomic E-state index is 0.190. The van der Waals surface area contributed by atoms with E-state index in [1.54, 1.807) is 6.92 Å². The first-order chi connectivity index (χ1) is 10.1. The van der Waals surface area contributed by atoms with Crippen molar-refractivity contribution in [2.24, 2.45) is 0 Å². The molecule has 0 spiro atoms. The second-order valence-corrected chi connectivity index (χ2v) is 4.56. The number of aromatic nitrogens is 1. The van der Waals surface area contributed by atoms with Gasteiger partial charge in [-0.25, -0.2) is 9.78 Å². The highest BCUT2D eigenvalue weighted by atomic mass is 16.4. The molecule has 2 rings (SSSR count). The van der Waals surface area contributed by atoms with E-state index in [-0.39, 0.29) is 5.56 Å². The second-order valence-electron chi connectivity index (χ2n) is 4.56. The number of carbonyl (C=O) groups is 1. The van der Waals surface area contributed by atoms with Gasteiger partial charge < -0.3 is 10.0 Å². The first kappa shape index (κ1) is 14.5. The summed E-state index contributed by atoms with van der Waals surface area (Å²) in [7, 11) is 0. The number of pyridine rings is 1. The second kappa shape index (κ2) is 6.53. The Morgan fingerprint density at radius 2 is 2.05 bits per heavy atom. The normalized spacial score (nSPS) is 9.90. The maximum atomic E-state index is 11.2. The van der Waals surface area contributed by atoms with Gasteiger partial charge in [0.1, 0.15) is 5.82 Å². The zero-order chi connectivity index (χ0) is 15.2. The molecule has 5 heteroatoms. The number of carboxylic acids is 1. The lowest BCUT2D eigenvalue weighted by molar-refractivity contribution is 0.0696. The quantitative estimate of drug-likeness (QED) is 0.911. The third-order valence-corrected chi connectivity index (χ3v) is 2.98. The molecule has 0 aliphatic rings. The molecule has 0 radical (unpaired) electrons. The number of aromatic carboxylic acids is 1. The monoisotopic (exact) mass is 281 g/mol. The van der Waals surface area contributed by atoms with Crippen LogP contribution in [0, 0.1) is 18.3 Å². The lowest BCUT2D eigenvalue weighted by Gasteiger charge is -2.23. The van der Waals surface area contributed by atoms with Crippen LogP contribution in [0.25, 0.3) is 0 Å². The van der Waals surface area contributed by atoms with Gasteiger partial charge in [-0.3, -0.25) is 0 Å². The van der Waals surface area contributed by atoms with Crippen molar-refractivity contribution >= 4 is 17.5 Å². The van der Waals surface area contributed by atoms with Gasteiger partial charge in [0, 0.05) is 17.9 Å². The molecule has 0 aliphatic heterocycles. The third kappa shape index (κ3) is 3.57. The maximum Gasteiger partial charge on any atom is 0.335 e. The summed E-state index contributed by atoms with van der Waals surface area (Å²) in [5, 5.41) is 18.0. The van der Waals surface area contributed by atoms with Crippen molar-refractivity contribution in [2.45, 2.75) is 13.3 Å². The van der Waals surface area contributed by atoms with Gasteiger partial charge in [-0.05, 0) is 31.2 Å². The molecule has 0 unspecified atom stereocenters. The Bertz CT molecular complexity index is 678. The minimum Gasteiger partial charge on any atom is -0.478 e. The van der Waals surface area contributed by atoms with Gasteiger partial charge in [0.25, 0.3) is 0 Å². The molecule has 5 nitrogen and oxygen atoms in total. The Kier molecular flexibility index (Phi) is 4.52. The molecule has 0 saturated carbocycles. The predicted octanol–water partition coefficient (Wildman–Crippen LogP) is 3.14. The number of benzene rings is 1. The summed E-state index contributed by atoms with van der Waals surface area (Å²) < 4.78 is 0. The summed E-state index contributed by atoms with van der Waals surface area (Å²) in [6.07, 6.45) is 0.326. The fraction of sp³-hybridized carbons (Fsp3) is 0.188. The van der Waals surface area contributed by atoms with Crippen molar-refractivity contribution in [2.75, 3.05) is 11.4 Å². The van der Waals surface area contributed by atoms with E-state index >= 15 is 0 Å². The van der Waals surface area contributed by atoms with Crippen molar-refractivity contribution in [1.82, 2.24) is 4.98 Å². The van der Waals surface area contributed by atoms with Gasteiger partial charge in [-0.1, -0.05) is 18.2 Å².